The van der Waals surface area contributed by atoms with Crippen LogP contribution in [0.25, 0.3) is 0 Å². The molecule has 16 heavy (non-hydrogen) atoms. The maximum absolute atomic E-state index is 11.3. The van der Waals surface area contributed by atoms with Gasteiger partial charge in [0.15, 0.2) is 0 Å². The van der Waals surface area contributed by atoms with Crippen LogP contribution in [0.2, 0.25) is 0 Å². The van der Waals surface area contributed by atoms with Crippen LogP contribution in [0.15, 0.2) is 0 Å². The van der Waals surface area contributed by atoms with E-state index in [0.717, 1.165) is 6.42 Å². The van der Waals surface area contributed by atoms with Gasteiger partial charge in [0.2, 0.25) is 5.91 Å². The fourth-order valence-corrected chi connectivity index (χ4v) is 1.04. The van der Waals surface area contributed by atoms with Crippen LogP contribution < -0.4 is 16.7 Å². The van der Waals surface area contributed by atoms with Gasteiger partial charge in [-0.05, 0) is 13.5 Å². The molecule has 0 unspecified atom stereocenters. The number of hydrogen-bond acceptors (Lipinski definition) is 6. The van der Waals surface area contributed by atoms with E-state index in [2.05, 4.69) is 10.2 Å². The maximum atomic E-state index is 11.3. The number of nitrogens with zero attached hydrogens (tertiary/aromatic N) is 1. The number of carbonyl (C=O) groups excluding carboxylic acids is 2. The lowest BCUT2D eigenvalue weighted by molar-refractivity contribution is -0.151. The Bertz CT molecular complexity index is 223. The van der Waals surface area contributed by atoms with E-state index in [-0.39, 0.29) is 18.9 Å². The van der Waals surface area contributed by atoms with Crippen molar-refractivity contribution >= 4 is 11.9 Å². The number of hydrazine groups is 1. The molecule has 0 atom stereocenters. The summed E-state index contributed by atoms with van der Waals surface area (Å²) in [6, 6.07) is 0. The van der Waals surface area contributed by atoms with Gasteiger partial charge < -0.3 is 10.2 Å². The Kier molecular flexibility index (Phi) is 8.41. The standard InChI is InChI=1S/C9H20N4O3/c1-3-5-11-8(14)7-13(2)6-4-9(15)16-12-10/h12H,3-7,10H2,1-2H3,(H,11,14). The van der Waals surface area contributed by atoms with Crippen molar-refractivity contribution in [3.63, 3.8) is 0 Å². The highest BCUT2D eigenvalue weighted by Gasteiger charge is 2.08. The summed E-state index contributed by atoms with van der Waals surface area (Å²) in [5, 5.41) is 2.75. The molecule has 7 heteroatoms. The SMILES string of the molecule is CCCNC(=O)CN(C)CCC(=O)ONN. The molecule has 0 aliphatic heterocycles. The zero-order valence-electron chi connectivity index (χ0n) is 9.78. The minimum atomic E-state index is -0.455. The monoisotopic (exact) mass is 232 g/mol. The van der Waals surface area contributed by atoms with E-state index in [9.17, 15) is 9.59 Å². The first-order chi connectivity index (χ1) is 7.60. The second-order valence-corrected chi connectivity index (χ2v) is 3.43. The number of amides is 1. The molecule has 0 aromatic rings. The van der Waals surface area contributed by atoms with Gasteiger partial charge in [-0.15, -0.1) is 0 Å². The molecule has 0 aromatic carbocycles. The van der Waals surface area contributed by atoms with E-state index < -0.39 is 5.97 Å². The molecule has 0 radical (unpaired) electrons. The first kappa shape index (κ1) is 14.8. The molecule has 0 saturated heterocycles. The number of rotatable bonds is 8. The fraction of sp³-hybridized carbons (Fsp3) is 0.778. The number of likely N-dealkylation sites (N-methyl/N-ethyl adjacent to an activating group) is 1. The maximum Gasteiger partial charge on any atom is 0.327 e. The molecule has 0 bridgehead atoms. The van der Waals surface area contributed by atoms with E-state index in [0.29, 0.717) is 13.1 Å². The lowest BCUT2D eigenvalue weighted by atomic mass is 10.4. The Morgan fingerprint density at radius 1 is 1.44 bits per heavy atom. The van der Waals surface area contributed by atoms with Gasteiger partial charge in [0.05, 0.1) is 13.0 Å². The molecule has 0 spiro atoms. The third kappa shape index (κ3) is 8.16. The summed E-state index contributed by atoms with van der Waals surface area (Å²) in [5.41, 5.74) is 1.81. The number of nitrogens with two attached hydrogens (primary N) is 1. The largest absolute Gasteiger partial charge is 0.356 e. The molecule has 0 aliphatic rings. The molecule has 0 aliphatic carbocycles. The first-order valence-electron chi connectivity index (χ1n) is 5.20. The highest BCUT2D eigenvalue weighted by atomic mass is 16.7. The molecule has 0 heterocycles. The molecule has 0 aromatic heterocycles. The fourth-order valence-electron chi connectivity index (χ4n) is 1.04. The summed E-state index contributed by atoms with van der Waals surface area (Å²) in [6.07, 6.45) is 1.09. The van der Waals surface area contributed by atoms with Crippen LogP contribution >= 0.6 is 0 Å². The highest BCUT2D eigenvalue weighted by molar-refractivity contribution is 5.78. The number of nitrogens with one attached hydrogen (secondary N) is 2. The van der Waals surface area contributed by atoms with Gasteiger partial charge in [0.1, 0.15) is 0 Å². The van der Waals surface area contributed by atoms with Crippen LogP contribution in [0.4, 0.5) is 0 Å². The van der Waals surface area contributed by atoms with Gasteiger partial charge in [-0.2, -0.15) is 0 Å². The van der Waals surface area contributed by atoms with Crippen molar-refractivity contribution < 1.29 is 14.4 Å². The third-order valence-corrected chi connectivity index (χ3v) is 1.86. The Morgan fingerprint density at radius 2 is 2.12 bits per heavy atom. The van der Waals surface area contributed by atoms with E-state index in [1.165, 1.54) is 0 Å². The lowest BCUT2D eigenvalue weighted by Crippen LogP contribution is -2.37. The topological polar surface area (TPSA) is 96.7 Å². The second kappa shape index (κ2) is 9.08. The summed E-state index contributed by atoms with van der Waals surface area (Å²) >= 11 is 0. The Balaban J connectivity index is 3.61. The second-order valence-electron chi connectivity index (χ2n) is 3.43. The normalized spacial score (nSPS) is 10.2. The molecule has 7 nitrogen and oxygen atoms in total. The van der Waals surface area contributed by atoms with Gasteiger partial charge in [-0.1, -0.05) is 12.5 Å². The third-order valence-electron chi connectivity index (χ3n) is 1.86. The Hall–Kier alpha value is -1.18. The molecule has 0 rings (SSSR count). The quantitative estimate of drug-likeness (QED) is 0.357. The van der Waals surface area contributed by atoms with E-state index in [1.54, 1.807) is 11.9 Å². The minimum absolute atomic E-state index is 0.0466. The summed E-state index contributed by atoms with van der Waals surface area (Å²) in [7, 11) is 1.76. The van der Waals surface area contributed by atoms with E-state index >= 15 is 0 Å². The van der Waals surface area contributed by atoms with Crippen LogP contribution in [0.1, 0.15) is 19.8 Å². The predicted octanol–water partition coefficient (Wildman–Crippen LogP) is -1.24. The van der Waals surface area contributed by atoms with Gasteiger partial charge in [0.25, 0.3) is 0 Å². The van der Waals surface area contributed by atoms with Crippen LogP contribution in [-0.4, -0.2) is 43.5 Å². The Labute approximate surface area is 95.2 Å². The number of hydrogen-bond donors (Lipinski definition) is 3. The summed E-state index contributed by atoms with van der Waals surface area (Å²) in [4.78, 5) is 28.3. The van der Waals surface area contributed by atoms with Crippen molar-refractivity contribution in [1.29, 1.82) is 0 Å². The Morgan fingerprint density at radius 3 is 2.69 bits per heavy atom. The molecule has 0 fully saturated rings. The van der Waals surface area contributed by atoms with E-state index in [1.807, 2.05) is 12.5 Å². The van der Waals surface area contributed by atoms with Crippen LogP contribution in [-0.2, 0) is 14.4 Å². The zero-order valence-corrected chi connectivity index (χ0v) is 9.78. The van der Waals surface area contributed by atoms with Gasteiger partial charge >= 0.3 is 5.97 Å². The lowest BCUT2D eigenvalue weighted by Gasteiger charge is -2.15. The molecule has 4 N–H and O–H groups in total. The average molecular weight is 232 g/mol. The van der Waals surface area contributed by atoms with Gasteiger partial charge in [0, 0.05) is 13.1 Å². The molecular formula is C9H20N4O3. The molecular weight excluding hydrogens is 212 g/mol. The molecule has 94 valence electrons. The molecule has 0 saturated carbocycles. The summed E-state index contributed by atoms with van der Waals surface area (Å²) in [5.74, 6) is 4.30. The minimum Gasteiger partial charge on any atom is -0.356 e. The zero-order chi connectivity index (χ0) is 12.4. The first-order valence-corrected chi connectivity index (χ1v) is 5.20. The summed E-state index contributed by atoms with van der Waals surface area (Å²) in [6.45, 7) is 3.37. The molecule has 1 amide bonds. The van der Waals surface area contributed by atoms with E-state index in [4.69, 9.17) is 5.84 Å². The van der Waals surface area contributed by atoms with Crippen molar-refractivity contribution in [3.8, 4) is 0 Å². The highest BCUT2D eigenvalue weighted by Crippen LogP contribution is 1.89. The van der Waals surface area contributed by atoms with Crippen LogP contribution in [0.5, 0.6) is 0 Å². The van der Waals surface area contributed by atoms with Crippen molar-refractivity contribution in [2.75, 3.05) is 26.7 Å². The van der Waals surface area contributed by atoms with Crippen molar-refractivity contribution in [1.82, 2.24) is 15.8 Å². The summed E-state index contributed by atoms with van der Waals surface area (Å²) < 4.78 is 0. The van der Waals surface area contributed by atoms with Crippen molar-refractivity contribution in [2.24, 2.45) is 5.84 Å². The predicted molar refractivity (Wildman–Crippen MR) is 58.8 cm³/mol. The van der Waals surface area contributed by atoms with Crippen LogP contribution in [0.3, 0.4) is 0 Å². The van der Waals surface area contributed by atoms with Crippen LogP contribution in [0, 0.1) is 0 Å². The number of carbonyl (C=O) groups is 2. The average Bonchev–Trinajstić information content (AvgIpc) is 2.24. The van der Waals surface area contributed by atoms with Crippen molar-refractivity contribution in [2.45, 2.75) is 19.8 Å². The smallest absolute Gasteiger partial charge is 0.327 e. The van der Waals surface area contributed by atoms with Crippen molar-refractivity contribution in [3.05, 3.63) is 0 Å². The van der Waals surface area contributed by atoms with Gasteiger partial charge in [-0.25, -0.2) is 5.84 Å². The van der Waals surface area contributed by atoms with Gasteiger partial charge in [-0.3, -0.25) is 14.5 Å².